The number of nitrogen functional groups attached to an aromatic ring is 1. The molecular formula is C14H17N5O3. The van der Waals surface area contributed by atoms with Crippen LogP contribution in [0.4, 0.5) is 11.6 Å². The van der Waals surface area contributed by atoms with Gasteiger partial charge in [0.25, 0.3) is 0 Å². The number of amides is 1. The molecule has 0 spiro atoms. The van der Waals surface area contributed by atoms with Crippen molar-refractivity contribution in [2.75, 3.05) is 17.2 Å². The molecule has 2 aromatic heterocycles. The van der Waals surface area contributed by atoms with Crippen molar-refractivity contribution >= 4 is 24.0 Å². The molecule has 0 saturated heterocycles. The Morgan fingerprint density at radius 1 is 1.55 bits per heavy atom. The molecule has 2 heterocycles. The third-order valence-electron chi connectivity index (χ3n) is 3.00. The van der Waals surface area contributed by atoms with E-state index in [0.29, 0.717) is 18.0 Å². The van der Waals surface area contributed by atoms with Gasteiger partial charge in [-0.15, -0.1) is 0 Å². The maximum Gasteiger partial charge on any atom is 0.343 e. The molecule has 0 bridgehead atoms. The molecule has 0 aliphatic carbocycles. The normalized spacial score (nSPS) is 10.3. The van der Waals surface area contributed by atoms with E-state index in [1.165, 1.54) is 15.8 Å². The molecule has 0 atom stereocenters. The van der Waals surface area contributed by atoms with Gasteiger partial charge in [0.2, 0.25) is 6.41 Å². The first-order chi connectivity index (χ1) is 10.6. The molecule has 2 aromatic rings. The van der Waals surface area contributed by atoms with Crippen LogP contribution in [0.5, 0.6) is 0 Å². The molecule has 0 aromatic carbocycles. The molecule has 0 aliphatic heterocycles. The van der Waals surface area contributed by atoms with Gasteiger partial charge in [-0.3, -0.25) is 14.4 Å². The molecule has 2 rings (SSSR count). The average molecular weight is 303 g/mol. The van der Waals surface area contributed by atoms with Gasteiger partial charge >= 0.3 is 5.97 Å². The van der Waals surface area contributed by atoms with Gasteiger partial charge in [-0.25, -0.2) is 9.78 Å². The Labute approximate surface area is 127 Å². The smallest absolute Gasteiger partial charge is 0.343 e. The zero-order valence-electron chi connectivity index (χ0n) is 12.4. The highest BCUT2D eigenvalue weighted by Crippen LogP contribution is 2.21. The summed E-state index contributed by atoms with van der Waals surface area (Å²) in [4.78, 5) is 28.7. The molecule has 2 N–H and O–H groups in total. The first kappa shape index (κ1) is 15.5. The van der Waals surface area contributed by atoms with Crippen molar-refractivity contribution in [1.29, 1.82) is 0 Å². The van der Waals surface area contributed by atoms with Gasteiger partial charge in [-0.05, 0) is 24.6 Å². The van der Waals surface area contributed by atoms with Crippen LogP contribution in [0, 0.1) is 0 Å². The quantitative estimate of drug-likeness (QED) is 0.623. The lowest BCUT2D eigenvalue weighted by Crippen LogP contribution is -2.25. The highest BCUT2D eigenvalue weighted by molar-refractivity contribution is 5.97. The van der Waals surface area contributed by atoms with E-state index >= 15 is 0 Å². The largest absolute Gasteiger partial charge is 0.462 e. The van der Waals surface area contributed by atoms with Crippen molar-refractivity contribution in [3.63, 3.8) is 0 Å². The molecule has 116 valence electrons. The first-order valence-electron chi connectivity index (χ1n) is 6.68. The number of esters is 1. The lowest BCUT2D eigenvalue weighted by Gasteiger charge is -2.19. The Balaban J connectivity index is 2.33. The van der Waals surface area contributed by atoms with Crippen molar-refractivity contribution in [2.45, 2.75) is 13.5 Å². The average Bonchev–Trinajstić information content (AvgIpc) is 2.87. The molecule has 0 unspecified atom stereocenters. The van der Waals surface area contributed by atoms with E-state index in [4.69, 9.17) is 10.5 Å². The van der Waals surface area contributed by atoms with Crippen molar-refractivity contribution in [2.24, 2.45) is 7.05 Å². The van der Waals surface area contributed by atoms with Crippen LogP contribution in [-0.2, 0) is 23.1 Å². The Kier molecular flexibility index (Phi) is 4.72. The van der Waals surface area contributed by atoms with Crippen molar-refractivity contribution in [3.8, 4) is 0 Å². The monoisotopic (exact) mass is 303 g/mol. The summed E-state index contributed by atoms with van der Waals surface area (Å²) in [6.07, 6.45) is 3.57. The Morgan fingerprint density at radius 2 is 2.32 bits per heavy atom. The number of carbonyl (C=O) groups is 2. The highest BCUT2D eigenvalue weighted by Gasteiger charge is 2.22. The summed E-state index contributed by atoms with van der Waals surface area (Å²) in [5.41, 5.74) is 6.65. The van der Waals surface area contributed by atoms with Crippen LogP contribution >= 0.6 is 0 Å². The Morgan fingerprint density at radius 3 is 2.95 bits per heavy atom. The van der Waals surface area contributed by atoms with Gasteiger partial charge in [0.1, 0.15) is 17.2 Å². The summed E-state index contributed by atoms with van der Waals surface area (Å²) in [5, 5.41) is 4.03. The number of aryl methyl sites for hydroxylation is 1. The third-order valence-corrected chi connectivity index (χ3v) is 3.00. The van der Waals surface area contributed by atoms with Gasteiger partial charge in [0.15, 0.2) is 0 Å². The van der Waals surface area contributed by atoms with Crippen molar-refractivity contribution in [1.82, 2.24) is 14.8 Å². The third kappa shape index (κ3) is 3.22. The molecule has 0 saturated carbocycles. The summed E-state index contributed by atoms with van der Waals surface area (Å²) >= 11 is 0. The minimum absolute atomic E-state index is 0.235. The SMILES string of the molecule is CCOC(=O)c1cnn(C)c1N(C=O)Cc1ccnc(N)c1. The topological polar surface area (TPSA) is 103 Å². The van der Waals surface area contributed by atoms with Crippen LogP contribution in [-0.4, -0.2) is 33.8 Å². The van der Waals surface area contributed by atoms with E-state index in [2.05, 4.69) is 10.1 Å². The molecule has 8 nitrogen and oxygen atoms in total. The van der Waals surface area contributed by atoms with Crippen LogP contribution < -0.4 is 10.6 Å². The van der Waals surface area contributed by atoms with Gasteiger partial charge in [-0.2, -0.15) is 5.10 Å². The summed E-state index contributed by atoms with van der Waals surface area (Å²) in [5.74, 6) is 0.203. The fourth-order valence-electron chi connectivity index (χ4n) is 2.08. The number of aromatic nitrogens is 3. The lowest BCUT2D eigenvalue weighted by molar-refractivity contribution is -0.107. The number of pyridine rings is 1. The van der Waals surface area contributed by atoms with Crippen molar-refractivity contribution in [3.05, 3.63) is 35.7 Å². The number of ether oxygens (including phenoxy) is 1. The molecule has 1 amide bonds. The van der Waals surface area contributed by atoms with Crippen LogP contribution in [0.25, 0.3) is 0 Å². The van der Waals surface area contributed by atoms with E-state index in [1.807, 2.05) is 0 Å². The maximum absolute atomic E-state index is 12.0. The second kappa shape index (κ2) is 6.70. The maximum atomic E-state index is 12.0. The summed E-state index contributed by atoms with van der Waals surface area (Å²) in [7, 11) is 1.65. The molecule has 0 fully saturated rings. The van der Waals surface area contributed by atoms with E-state index in [9.17, 15) is 9.59 Å². The highest BCUT2D eigenvalue weighted by atomic mass is 16.5. The second-order valence-corrected chi connectivity index (χ2v) is 4.55. The summed E-state index contributed by atoms with van der Waals surface area (Å²) < 4.78 is 6.43. The van der Waals surface area contributed by atoms with E-state index in [-0.39, 0.29) is 18.7 Å². The number of hydrogen-bond donors (Lipinski definition) is 1. The van der Waals surface area contributed by atoms with E-state index < -0.39 is 5.97 Å². The molecule has 8 heteroatoms. The molecular weight excluding hydrogens is 286 g/mol. The minimum atomic E-state index is -0.522. The molecule has 0 radical (unpaired) electrons. The second-order valence-electron chi connectivity index (χ2n) is 4.55. The fourth-order valence-corrected chi connectivity index (χ4v) is 2.08. The first-order valence-corrected chi connectivity index (χ1v) is 6.68. The van der Waals surface area contributed by atoms with Crippen LogP contribution in [0.3, 0.4) is 0 Å². The van der Waals surface area contributed by atoms with Gasteiger partial charge in [-0.1, -0.05) is 0 Å². The number of hydrogen-bond acceptors (Lipinski definition) is 6. The van der Waals surface area contributed by atoms with Gasteiger partial charge < -0.3 is 10.5 Å². The fraction of sp³-hybridized carbons (Fsp3) is 0.286. The summed E-state index contributed by atoms with van der Waals surface area (Å²) in [6, 6.07) is 3.41. The standard InChI is InChI=1S/C14H17N5O3/c1-3-22-14(21)11-7-17-18(2)13(11)19(9-20)8-10-4-5-16-12(15)6-10/h4-7,9H,3,8H2,1-2H3,(H2,15,16). The summed E-state index contributed by atoms with van der Waals surface area (Å²) in [6.45, 7) is 2.20. The van der Waals surface area contributed by atoms with Crippen LogP contribution in [0.15, 0.2) is 24.5 Å². The van der Waals surface area contributed by atoms with Crippen LogP contribution in [0.1, 0.15) is 22.8 Å². The minimum Gasteiger partial charge on any atom is -0.462 e. The Hall–Kier alpha value is -2.90. The molecule has 22 heavy (non-hydrogen) atoms. The van der Waals surface area contributed by atoms with E-state index in [0.717, 1.165) is 5.56 Å². The predicted octanol–water partition coefficient (Wildman–Crippen LogP) is 0.737. The zero-order chi connectivity index (χ0) is 16.1. The number of carbonyl (C=O) groups excluding carboxylic acids is 2. The van der Waals surface area contributed by atoms with Gasteiger partial charge in [0, 0.05) is 13.2 Å². The van der Waals surface area contributed by atoms with E-state index in [1.54, 1.807) is 32.3 Å². The zero-order valence-corrected chi connectivity index (χ0v) is 12.4. The number of nitrogens with two attached hydrogens (primary N) is 1. The number of anilines is 2. The number of nitrogens with zero attached hydrogens (tertiary/aromatic N) is 4. The lowest BCUT2D eigenvalue weighted by atomic mass is 10.2. The van der Waals surface area contributed by atoms with Gasteiger partial charge in [0.05, 0.1) is 19.3 Å². The Bertz CT molecular complexity index is 683. The number of rotatable bonds is 6. The molecule has 0 aliphatic rings. The predicted molar refractivity (Wildman–Crippen MR) is 80.1 cm³/mol. The van der Waals surface area contributed by atoms with Crippen LogP contribution in [0.2, 0.25) is 0 Å². The van der Waals surface area contributed by atoms with Crippen molar-refractivity contribution < 1.29 is 14.3 Å².